The lowest BCUT2D eigenvalue weighted by molar-refractivity contribution is 0.107. The summed E-state index contributed by atoms with van der Waals surface area (Å²) in [6.07, 6.45) is 2.89. The maximum atomic E-state index is 5.76. The van der Waals surface area contributed by atoms with Gasteiger partial charge in [-0.1, -0.05) is 47.6 Å². The molecular formula is C25H27N3O2S. The van der Waals surface area contributed by atoms with Crippen LogP contribution in [0, 0.1) is 0 Å². The fourth-order valence-electron chi connectivity index (χ4n) is 3.38. The van der Waals surface area contributed by atoms with Crippen LogP contribution in [0.25, 0.3) is 11.3 Å². The number of rotatable bonds is 9. The third-order valence-corrected chi connectivity index (χ3v) is 6.26. The summed E-state index contributed by atoms with van der Waals surface area (Å²) in [5, 5.41) is 8.27. The molecule has 0 spiro atoms. The van der Waals surface area contributed by atoms with Crippen molar-refractivity contribution in [3.8, 4) is 17.0 Å². The molecule has 31 heavy (non-hydrogen) atoms. The Morgan fingerprint density at radius 3 is 2.61 bits per heavy atom. The maximum absolute atomic E-state index is 5.76. The second kappa shape index (κ2) is 11.0. The molecule has 0 saturated carbocycles. The number of nitrogens with zero attached hydrogens (tertiary/aromatic N) is 2. The van der Waals surface area contributed by atoms with E-state index >= 15 is 0 Å². The monoisotopic (exact) mass is 433 g/mol. The molecule has 1 N–H and O–H groups in total. The van der Waals surface area contributed by atoms with E-state index in [4.69, 9.17) is 9.57 Å². The van der Waals surface area contributed by atoms with E-state index in [0.717, 1.165) is 47.1 Å². The van der Waals surface area contributed by atoms with E-state index in [2.05, 4.69) is 27.6 Å². The Morgan fingerprint density at radius 1 is 1.06 bits per heavy atom. The lowest BCUT2D eigenvalue weighted by atomic mass is 10.1. The molecule has 3 aromatic rings. The van der Waals surface area contributed by atoms with Crippen molar-refractivity contribution < 1.29 is 9.57 Å². The molecule has 1 aliphatic rings. The SMILES string of the molecule is CC(=NOCCOc1ccc(CC2CNCS2)cc1)c1ccc(-c2ccccn2)cc1. The average molecular weight is 434 g/mol. The molecule has 160 valence electrons. The first-order valence-corrected chi connectivity index (χ1v) is 11.6. The standard InChI is InChI=1S/C25H27N3O2S/c1-19(21-7-9-22(10-8-21)25-4-2-3-13-27-25)28-30-15-14-29-23-11-5-20(6-12-23)16-24-17-26-18-31-24/h2-13,24,26H,14-18H2,1H3. The number of ether oxygens (including phenoxy) is 1. The van der Waals surface area contributed by atoms with E-state index in [1.54, 1.807) is 6.20 Å². The van der Waals surface area contributed by atoms with Crippen molar-refractivity contribution in [3.05, 3.63) is 84.1 Å². The zero-order valence-corrected chi connectivity index (χ0v) is 18.5. The number of oxime groups is 1. The summed E-state index contributed by atoms with van der Waals surface area (Å²) in [5.41, 5.74) is 5.23. The Labute approximate surface area is 187 Å². The zero-order valence-electron chi connectivity index (χ0n) is 17.7. The molecule has 1 atom stereocenters. The van der Waals surface area contributed by atoms with Crippen LogP contribution in [0.4, 0.5) is 0 Å². The normalized spacial score (nSPS) is 16.3. The fraction of sp³-hybridized carbons (Fsp3) is 0.280. The molecule has 5 nitrogen and oxygen atoms in total. The van der Waals surface area contributed by atoms with Gasteiger partial charge in [-0.05, 0) is 48.7 Å². The predicted octanol–water partition coefficient (Wildman–Crippen LogP) is 4.77. The molecule has 0 radical (unpaired) electrons. The first kappa shape index (κ1) is 21.4. The number of nitrogens with one attached hydrogen (secondary N) is 1. The number of hydrogen-bond acceptors (Lipinski definition) is 6. The van der Waals surface area contributed by atoms with E-state index in [1.807, 2.05) is 73.3 Å². The highest BCUT2D eigenvalue weighted by Crippen LogP contribution is 2.21. The van der Waals surface area contributed by atoms with Gasteiger partial charge in [0.25, 0.3) is 0 Å². The molecule has 1 unspecified atom stereocenters. The summed E-state index contributed by atoms with van der Waals surface area (Å²) in [6.45, 7) is 3.88. The van der Waals surface area contributed by atoms with Crippen LogP contribution in [0.3, 0.4) is 0 Å². The lowest BCUT2D eigenvalue weighted by Gasteiger charge is -2.09. The number of hydrogen-bond donors (Lipinski definition) is 1. The van der Waals surface area contributed by atoms with Gasteiger partial charge in [-0.2, -0.15) is 0 Å². The summed E-state index contributed by atoms with van der Waals surface area (Å²) in [5.74, 6) is 1.92. The molecule has 1 fully saturated rings. The van der Waals surface area contributed by atoms with Gasteiger partial charge in [-0.3, -0.25) is 4.98 Å². The van der Waals surface area contributed by atoms with Crippen molar-refractivity contribution in [3.63, 3.8) is 0 Å². The third kappa shape index (κ3) is 6.32. The molecule has 0 aliphatic carbocycles. The molecule has 4 rings (SSSR count). The topological polar surface area (TPSA) is 55.7 Å². The van der Waals surface area contributed by atoms with Crippen LogP contribution >= 0.6 is 11.8 Å². The van der Waals surface area contributed by atoms with Crippen LogP contribution < -0.4 is 10.1 Å². The van der Waals surface area contributed by atoms with Crippen molar-refractivity contribution in [2.24, 2.45) is 5.16 Å². The van der Waals surface area contributed by atoms with Gasteiger partial charge in [0.05, 0.1) is 11.4 Å². The van der Waals surface area contributed by atoms with Gasteiger partial charge in [-0.25, -0.2) is 0 Å². The van der Waals surface area contributed by atoms with Crippen LogP contribution in [0.2, 0.25) is 0 Å². The molecule has 1 aromatic heterocycles. The van der Waals surface area contributed by atoms with Crippen LogP contribution in [0.1, 0.15) is 18.1 Å². The summed E-state index contributed by atoms with van der Waals surface area (Å²) in [6, 6.07) is 22.4. The minimum absolute atomic E-state index is 0.398. The van der Waals surface area contributed by atoms with Crippen LogP contribution in [0.5, 0.6) is 5.75 Å². The molecule has 1 saturated heterocycles. The molecule has 6 heteroatoms. The van der Waals surface area contributed by atoms with Gasteiger partial charge >= 0.3 is 0 Å². The average Bonchev–Trinajstić information content (AvgIpc) is 3.33. The second-order valence-electron chi connectivity index (χ2n) is 7.39. The van der Waals surface area contributed by atoms with Crippen molar-refractivity contribution in [1.29, 1.82) is 0 Å². The van der Waals surface area contributed by atoms with E-state index in [9.17, 15) is 0 Å². The second-order valence-corrected chi connectivity index (χ2v) is 8.67. The molecule has 0 bridgehead atoms. The summed E-state index contributed by atoms with van der Waals surface area (Å²) < 4.78 is 5.76. The van der Waals surface area contributed by atoms with Gasteiger partial charge in [0, 0.05) is 29.4 Å². The van der Waals surface area contributed by atoms with E-state index in [0.29, 0.717) is 18.5 Å². The first-order chi connectivity index (χ1) is 15.3. The lowest BCUT2D eigenvalue weighted by Crippen LogP contribution is -2.14. The minimum Gasteiger partial charge on any atom is -0.490 e. The predicted molar refractivity (Wildman–Crippen MR) is 128 cm³/mol. The van der Waals surface area contributed by atoms with Crippen molar-refractivity contribution in [2.75, 3.05) is 25.6 Å². The smallest absolute Gasteiger partial charge is 0.151 e. The van der Waals surface area contributed by atoms with Gasteiger partial charge < -0.3 is 14.9 Å². The van der Waals surface area contributed by atoms with Crippen molar-refractivity contribution in [1.82, 2.24) is 10.3 Å². The van der Waals surface area contributed by atoms with Crippen LogP contribution in [-0.2, 0) is 11.3 Å². The molecule has 2 aromatic carbocycles. The highest BCUT2D eigenvalue weighted by molar-refractivity contribution is 8.00. The number of thioether (sulfide) groups is 1. The first-order valence-electron chi connectivity index (χ1n) is 10.5. The Morgan fingerprint density at radius 2 is 1.90 bits per heavy atom. The van der Waals surface area contributed by atoms with Crippen LogP contribution in [0.15, 0.2) is 78.1 Å². The van der Waals surface area contributed by atoms with Gasteiger partial charge in [0.2, 0.25) is 0 Å². The molecular weight excluding hydrogens is 406 g/mol. The maximum Gasteiger partial charge on any atom is 0.151 e. The number of benzene rings is 2. The van der Waals surface area contributed by atoms with Gasteiger partial charge in [-0.15, -0.1) is 11.8 Å². The van der Waals surface area contributed by atoms with E-state index in [-0.39, 0.29) is 0 Å². The minimum atomic E-state index is 0.398. The summed E-state index contributed by atoms with van der Waals surface area (Å²) in [4.78, 5) is 9.81. The fourth-order valence-corrected chi connectivity index (χ4v) is 4.40. The summed E-state index contributed by atoms with van der Waals surface area (Å²) >= 11 is 1.99. The zero-order chi connectivity index (χ0) is 21.3. The Kier molecular flexibility index (Phi) is 7.58. The Balaban J connectivity index is 1.20. The van der Waals surface area contributed by atoms with Crippen molar-refractivity contribution >= 4 is 17.5 Å². The van der Waals surface area contributed by atoms with Crippen LogP contribution in [-0.4, -0.2) is 41.6 Å². The Bertz CT molecular complexity index is 970. The van der Waals surface area contributed by atoms with Gasteiger partial charge in [0.1, 0.15) is 12.4 Å². The quantitative estimate of drug-likeness (QED) is 0.299. The highest BCUT2D eigenvalue weighted by atomic mass is 32.2. The van der Waals surface area contributed by atoms with E-state index in [1.165, 1.54) is 5.56 Å². The molecule has 2 heterocycles. The third-order valence-electron chi connectivity index (χ3n) is 5.09. The Hall–Kier alpha value is -2.83. The molecule has 0 amide bonds. The number of pyridine rings is 1. The summed E-state index contributed by atoms with van der Waals surface area (Å²) in [7, 11) is 0. The largest absolute Gasteiger partial charge is 0.490 e. The van der Waals surface area contributed by atoms with Gasteiger partial charge in [0.15, 0.2) is 6.61 Å². The van der Waals surface area contributed by atoms with E-state index < -0.39 is 0 Å². The van der Waals surface area contributed by atoms with Crippen molar-refractivity contribution in [2.45, 2.75) is 18.6 Å². The number of aromatic nitrogens is 1. The molecule has 1 aliphatic heterocycles. The highest BCUT2D eigenvalue weighted by Gasteiger charge is 2.15.